The molecule has 0 aliphatic carbocycles. The summed E-state index contributed by atoms with van der Waals surface area (Å²) >= 11 is 0. The summed E-state index contributed by atoms with van der Waals surface area (Å²) in [5.41, 5.74) is 1.07. The fraction of sp³-hybridized carbons (Fsp3) is 0.643. The number of ether oxygens (including phenoxy) is 2. The van der Waals surface area contributed by atoms with E-state index in [9.17, 15) is 5.11 Å². The van der Waals surface area contributed by atoms with Crippen molar-refractivity contribution in [3.63, 3.8) is 0 Å². The van der Waals surface area contributed by atoms with E-state index in [4.69, 9.17) is 9.47 Å². The van der Waals surface area contributed by atoms with Gasteiger partial charge in [0.25, 0.3) is 0 Å². The lowest BCUT2D eigenvalue weighted by atomic mass is 10.2. The van der Waals surface area contributed by atoms with Crippen molar-refractivity contribution in [1.82, 2.24) is 9.88 Å². The van der Waals surface area contributed by atoms with E-state index in [1.807, 2.05) is 25.2 Å². The van der Waals surface area contributed by atoms with E-state index in [2.05, 4.69) is 9.88 Å². The Labute approximate surface area is 115 Å². The van der Waals surface area contributed by atoms with Gasteiger partial charge in [-0.1, -0.05) is 6.07 Å². The highest BCUT2D eigenvalue weighted by Gasteiger charge is 2.08. The first kappa shape index (κ1) is 16.0. The van der Waals surface area contributed by atoms with Crippen molar-refractivity contribution in [2.75, 3.05) is 47.1 Å². The Morgan fingerprint density at radius 1 is 1.37 bits per heavy atom. The lowest BCUT2D eigenvalue weighted by Gasteiger charge is -2.20. The molecular formula is C14H24N2O3. The monoisotopic (exact) mass is 268 g/mol. The number of likely N-dealkylation sites (N-methyl/N-ethyl adjacent to an activating group) is 1. The minimum absolute atomic E-state index is 0.345. The molecule has 0 fully saturated rings. The molecule has 0 saturated heterocycles. The smallest absolute Gasteiger partial charge is 0.0900 e. The van der Waals surface area contributed by atoms with E-state index in [1.54, 1.807) is 13.3 Å². The highest BCUT2D eigenvalue weighted by atomic mass is 16.5. The largest absolute Gasteiger partial charge is 0.389 e. The topological polar surface area (TPSA) is 54.8 Å². The number of nitrogens with zero attached hydrogens (tertiary/aromatic N) is 2. The molecule has 1 N–H and O–H groups in total. The van der Waals surface area contributed by atoms with Gasteiger partial charge >= 0.3 is 0 Å². The Hall–Kier alpha value is -1.01. The molecule has 1 heterocycles. The highest BCUT2D eigenvalue weighted by Crippen LogP contribution is 1.98. The third-order valence-corrected chi connectivity index (χ3v) is 2.74. The van der Waals surface area contributed by atoms with Crippen molar-refractivity contribution >= 4 is 0 Å². The van der Waals surface area contributed by atoms with Crippen LogP contribution in [0, 0.1) is 0 Å². The number of aliphatic hydroxyl groups excluding tert-OH is 1. The molecule has 1 unspecified atom stereocenters. The molecule has 0 amide bonds. The molecule has 1 aromatic rings. The maximum atomic E-state index is 9.79. The summed E-state index contributed by atoms with van der Waals surface area (Å²) in [6, 6.07) is 5.91. The summed E-state index contributed by atoms with van der Waals surface area (Å²) in [4.78, 5) is 6.35. The molecule has 0 bridgehead atoms. The third-order valence-electron chi connectivity index (χ3n) is 2.74. The van der Waals surface area contributed by atoms with Crippen molar-refractivity contribution < 1.29 is 14.6 Å². The first-order chi connectivity index (χ1) is 9.22. The van der Waals surface area contributed by atoms with Crippen molar-refractivity contribution in [3.8, 4) is 0 Å². The summed E-state index contributed by atoms with van der Waals surface area (Å²) in [5.74, 6) is 0. The minimum Gasteiger partial charge on any atom is -0.389 e. The first-order valence-electron chi connectivity index (χ1n) is 6.55. The fourth-order valence-corrected chi connectivity index (χ4v) is 1.72. The van der Waals surface area contributed by atoms with Crippen LogP contribution in [0.1, 0.15) is 5.69 Å². The lowest BCUT2D eigenvalue weighted by Crippen LogP contribution is -2.33. The number of aromatic nitrogens is 1. The fourth-order valence-electron chi connectivity index (χ4n) is 1.72. The molecular weight excluding hydrogens is 244 g/mol. The first-order valence-corrected chi connectivity index (χ1v) is 6.55. The maximum Gasteiger partial charge on any atom is 0.0900 e. The summed E-state index contributed by atoms with van der Waals surface area (Å²) in [5, 5.41) is 9.79. The van der Waals surface area contributed by atoms with Gasteiger partial charge in [0.15, 0.2) is 0 Å². The van der Waals surface area contributed by atoms with Crippen molar-refractivity contribution in [1.29, 1.82) is 0 Å². The van der Waals surface area contributed by atoms with Crippen LogP contribution in [0.2, 0.25) is 0 Å². The highest BCUT2D eigenvalue weighted by molar-refractivity contribution is 5.03. The van der Waals surface area contributed by atoms with E-state index in [0.717, 1.165) is 18.7 Å². The Bertz CT molecular complexity index is 322. The van der Waals surface area contributed by atoms with E-state index in [1.165, 1.54) is 0 Å². The molecule has 0 spiro atoms. The van der Waals surface area contributed by atoms with Gasteiger partial charge in [0.2, 0.25) is 0 Å². The third kappa shape index (κ3) is 7.89. The van der Waals surface area contributed by atoms with Gasteiger partial charge in [-0.3, -0.25) is 4.98 Å². The second-order valence-electron chi connectivity index (χ2n) is 4.55. The summed E-state index contributed by atoms with van der Waals surface area (Å²) in [6.07, 6.45) is 2.22. The van der Waals surface area contributed by atoms with Gasteiger partial charge < -0.3 is 19.5 Å². The minimum atomic E-state index is -0.467. The van der Waals surface area contributed by atoms with Crippen molar-refractivity contribution in [3.05, 3.63) is 30.1 Å². The molecule has 5 nitrogen and oxygen atoms in total. The van der Waals surface area contributed by atoms with E-state index >= 15 is 0 Å². The van der Waals surface area contributed by atoms with Gasteiger partial charge in [-0.2, -0.15) is 0 Å². The van der Waals surface area contributed by atoms with Crippen LogP contribution in [0.3, 0.4) is 0 Å². The van der Waals surface area contributed by atoms with Gasteiger partial charge in [-0.25, -0.2) is 0 Å². The number of pyridine rings is 1. The number of rotatable bonds is 10. The molecule has 0 aliphatic heterocycles. The van der Waals surface area contributed by atoms with Crippen LogP contribution in [0.4, 0.5) is 0 Å². The van der Waals surface area contributed by atoms with Gasteiger partial charge in [-0.15, -0.1) is 0 Å². The predicted molar refractivity (Wildman–Crippen MR) is 74.1 cm³/mol. The SMILES string of the molecule is COCCOCC(O)CN(C)CCc1ccccn1. The Kier molecular flexibility index (Phi) is 8.33. The molecule has 1 aromatic heterocycles. The Balaban J connectivity index is 2.11. The summed E-state index contributed by atoms with van der Waals surface area (Å²) < 4.78 is 10.2. The van der Waals surface area contributed by atoms with Crippen LogP contribution in [0.5, 0.6) is 0 Å². The van der Waals surface area contributed by atoms with Crippen LogP contribution in [0.25, 0.3) is 0 Å². The van der Waals surface area contributed by atoms with E-state index < -0.39 is 6.10 Å². The van der Waals surface area contributed by atoms with Crippen LogP contribution in [-0.4, -0.2) is 68.2 Å². The maximum absolute atomic E-state index is 9.79. The lowest BCUT2D eigenvalue weighted by molar-refractivity contribution is 0.00249. The van der Waals surface area contributed by atoms with E-state index in [0.29, 0.717) is 26.4 Å². The van der Waals surface area contributed by atoms with Crippen LogP contribution in [-0.2, 0) is 15.9 Å². The average Bonchev–Trinajstić information content (AvgIpc) is 2.42. The van der Waals surface area contributed by atoms with Crippen LogP contribution in [0.15, 0.2) is 24.4 Å². The second-order valence-corrected chi connectivity index (χ2v) is 4.55. The van der Waals surface area contributed by atoms with Crippen molar-refractivity contribution in [2.45, 2.75) is 12.5 Å². The summed E-state index contributed by atoms with van der Waals surface area (Å²) in [7, 11) is 3.62. The average molecular weight is 268 g/mol. The number of hydrogen-bond donors (Lipinski definition) is 1. The normalized spacial score (nSPS) is 12.8. The molecule has 108 valence electrons. The van der Waals surface area contributed by atoms with Gasteiger partial charge in [0.1, 0.15) is 0 Å². The molecule has 0 saturated carbocycles. The quantitative estimate of drug-likeness (QED) is 0.629. The van der Waals surface area contributed by atoms with Crippen LogP contribution < -0.4 is 0 Å². The zero-order valence-electron chi connectivity index (χ0n) is 11.8. The zero-order valence-corrected chi connectivity index (χ0v) is 11.8. The molecule has 5 heteroatoms. The second kappa shape index (κ2) is 9.86. The van der Waals surface area contributed by atoms with Crippen LogP contribution >= 0.6 is 0 Å². The molecule has 1 atom stereocenters. The summed E-state index contributed by atoms with van der Waals surface area (Å²) in [6.45, 7) is 2.89. The zero-order chi connectivity index (χ0) is 13.9. The molecule has 0 radical (unpaired) electrons. The molecule has 1 rings (SSSR count). The predicted octanol–water partition coefficient (Wildman–Crippen LogP) is 0.580. The number of aliphatic hydroxyl groups is 1. The molecule has 0 aliphatic rings. The van der Waals surface area contributed by atoms with Gasteiger partial charge in [0.05, 0.1) is 25.9 Å². The standard InChI is InChI=1S/C14H24N2O3/c1-16(8-6-13-5-3-4-7-15-13)11-14(17)12-19-10-9-18-2/h3-5,7,14,17H,6,8-12H2,1-2H3. The Morgan fingerprint density at radius 2 is 2.21 bits per heavy atom. The van der Waals surface area contributed by atoms with E-state index in [-0.39, 0.29) is 0 Å². The Morgan fingerprint density at radius 3 is 2.89 bits per heavy atom. The number of methoxy groups -OCH3 is 1. The van der Waals surface area contributed by atoms with Crippen molar-refractivity contribution in [2.24, 2.45) is 0 Å². The van der Waals surface area contributed by atoms with Gasteiger partial charge in [-0.05, 0) is 19.2 Å². The van der Waals surface area contributed by atoms with Gasteiger partial charge in [0, 0.05) is 38.5 Å². The molecule has 0 aromatic carbocycles. The number of hydrogen-bond acceptors (Lipinski definition) is 5. The molecule has 19 heavy (non-hydrogen) atoms.